The molecular weight excluding hydrogens is 562 g/mol. The lowest BCUT2D eigenvalue weighted by molar-refractivity contribution is -0.157. The van der Waals surface area contributed by atoms with Gasteiger partial charge in [0.05, 0.1) is 9.79 Å². The molecule has 1 aliphatic rings. The Morgan fingerprint density at radius 2 is 1.61 bits per heavy atom. The Kier molecular flexibility index (Phi) is 9.25. The summed E-state index contributed by atoms with van der Waals surface area (Å²) in [7, 11) is -7.01. The van der Waals surface area contributed by atoms with Gasteiger partial charge in [0.15, 0.2) is 26.3 Å². The second-order valence-electron chi connectivity index (χ2n) is 11.3. The van der Waals surface area contributed by atoms with E-state index in [1.807, 2.05) is 18.2 Å². The average molecular weight is 600 g/mol. The second kappa shape index (κ2) is 12.3. The van der Waals surface area contributed by atoms with Crippen LogP contribution in [0.25, 0.3) is 11.1 Å². The number of hydrogen-bond acceptors (Lipinski definition) is 8. The first-order chi connectivity index (χ1) is 19.2. The van der Waals surface area contributed by atoms with Crippen molar-refractivity contribution in [1.82, 2.24) is 5.32 Å². The smallest absolute Gasteiger partial charge is 0.344 e. The van der Waals surface area contributed by atoms with Crippen LogP contribution in [0, 0.1) is 0 Å². The topological polar surface area (TPSA) is 116 Å². The number of esters is 1. The molecule has 0 aliphatic heterocycles. The predicted molar refractivity (Wildman–Crippen MR) is 158 cm³/mol. The molecule has 1 unspecified atom stereocenters. The zero-order valence-electron chi connectivity index (χ0n) is 23.8. The van der Waals surface area contributed by atoms with Gasteiger partial charge in [-0.05, 0) is 92.6 Å². The molecule has 0 fully saturated rings. The van der Waals surface area contributed by atoms with Gasteiger partial charge in [0.1, 0.15) is 17.2 Å². The number of nitrogens with one attached hydrogen (secondary N) is 1. The second-order valence-corrected chi connectivity index (χ2v) is 15.3. The molecule has 3 aromatic carbocycles. The van der Waals surface area contributed by atoms with Crippen LogP contribution in [0.15, 0.2) is 76.5 Å². The predicted octanol–water partition coefficient (Wildman–Crippen LogP) is 5.27. The van der Waals surface area contributed by atoms with Crippen LogP contribution in [0.1, 0.15) is 57.2 Å². The van der Waals surface area contributed by atoms with E-state index >= 15 is 0 Å². The maximum absolute atomic E-state index is 13.2. The van der Waals surface area contributed by atoms with E-state index in [9.17, 15) is 21.6 Å². The molecule has 0 spiro atoms. The SMILES string of the molecule is CC(C)(C)OC(=O)COc1cccc2c1CCCCC2NCS(=O)(=O)c1ccc(-c2cccc(S(C)(=O)=O)c2)cc1. The third-order valence-corrected chi connectivity index (χ3v) is 9.46. The van der Waals surface area contributed by atoms with E-state index in [0.29, 0.717) is 11.3 Å². The number of hydrogen-bond donors (Lipinski definition) is 1. The highest BCUT2D eigenvalue weighted by Crippen LogP contribution is 2.35. The van der Waals surface area contributed by atoms with E-state index in [1.165, 1.54) is 6.07 Å². The zero-order valence-corrected chi connectivity index (χ0v) is 25.5. The first-order valence-electron chi connectivity index (χ1n) is 13.6. The summed E-state index contributed by atoms with van der Waals surface area (Å²) < 4.78 is 61.5. The van der Waals surface area contributed by atoms with Gasteiger partial charge in [0, 0.05) is 12.3 Å². The molecular formula is C31H37NO7S2. The third kappa shape index (κ3) is 8.18. The molecule has 0 saturated heterocycles. The summed E-state index contributed by atoms with van der Waals surface area (Å²) in [4.78, 5) is 12.6. The van der Waals surface area contributed by atoms with Crippen LogP contribution in [0.3, 0.4) is 0 Å². The molecule has 3 aromatic rings. The molecule has 0 heterocycles. The van der Waals surface area contributed by atoms with Crippen LogP contribution in [0.5, 0.6) is 5.75 Å². The number of carbonyl (C=O) groups excluding carboxylic acids is 1. The fraction of sp³-hybridized carbons (Fsp3) is 0.387. The number of ether oxygens (including phenoxy) is 2. The Bertz CT molecular complexity index is 1610. The molecule has 41 heavy (non-hydrogen) atoms. The molecule has 0 amide bonds. The van der Waals surface area contributed by atoms with Crippen molar-refractivity contribution in [2.45, 2.75) is 67.9 Å². The summed E-state index contributed by atoms with van der Waals surface area (Å²) in [5.41, 5.74) is 2.76. The maximum atomic E-state index is 13.2. The Hall–Kier alpha value is -3.21. The molecule has 10 heteroatoms. The zero-order chi connectivity index (χ0) is 29.8. The van der Waals surface area contributed by atoms with E-state index in [4.69, 9.17) is 9.47 Å². The van der Waals surface area contributed by atoms with Crippen LogP contribution < -0.4 is 10.1 Å². The van der Waals surface area contributed by atoms with Crippen molar-refractivity contribution in [3.8, 4) is 16.9 Å². The molecule has 4 rings (SSSR count). The minimum Gasteiger partial charge on any atom is -0.482 e. The highest BCUT2D eigenvalue weighted by molar-refractivity contribution is 7.91. The van der Waals surface area contributed by atoms with Gasteiger partial charge in [-0.25, -0.2) is 21.6 Å². The van der Waals surface area contributed by atoms with Crippen LogP contribution >= 0.6 is 0 Å². The van der Waals surface area contributed by atoms with Crippen molar-refractivity contribution in [3.63, 3.8) is 0 Å². The fourth-order valence-electron chi connectivity index (χ4n) is 4.89. The van der Waals surface area contributed by atoms with Crippen LogP contribution in [-0.4, -0.2) is 47.1 Å². The van der Waals surface area contributed by atoms with Gasteiger partial charge in [0.2, 0.25) is 0 Å². The normalized spacial score (nSPS) is 16.0. The van der Waals surface area contributed by atoms with Crippen molar-refractivity contribution in [2.24, 2.45) is 0 Å². The minimum atomic E-state index is -3.65. The summed E-state index contributed by atoms with van der Waals surface area (Å²) >= 11 is 0. The lowest BCUT2D eigenvalue weighted by atomic mass is 9.98. The van der Waals surface area contributed by atoms with Gasteiger partial charge >= 0.3 is 5.97 Å². The van der Waals surface area contributed by atoms with Gasteiger partial charge < -0.3 is 9.47 Å². The third-order valence-electron chi connectivity index (χ3n) is 6.81. The Morgan fingerprint density at radius 1 is 0.902 bits per heavy atom. The van der Waals surface area contributed by atoms with Gasteiger partial charge in [-0.2, -0.15) is 0 Å². The molecule has 0 aromatic heterocycles. The molecule has 0 saturated carbocycles. The molecule has 220 valence electrons. The summed E-state index contributed by atoms with van der Waals surface area (Å²) in [6.45, 7) is 5.21. The summed E-state index contributed by atoms with van der Waals surface area (Å²) in [5, 5.41) is 3.25. The average Bonchev–Trinajstić information content (AvgIpc) is 3.12. The molecule has 0 radical (unpaired) electrons. The molecule has 0 bridgehead atoms. The fourth-order valence-corrected chi connectivity index (χ4v) is 6.70. The lowest BCUT2D eigenvalue weighted by Crippen LogP contribution is -2.28. The number of rotatable bonds is 9. The molecule has 1 atom stereocenters. The number of benzene rings is 3. The van der Waals surface area contributed by atoms with E-state index in [0.717, 1.165) is 48.6 Å². The van der Waals surface area contributed by atoms with E-state index in [1.54, 1.807) is 63.2 Å². The maximum Gasteiger partial charge on any atom is 0.344 e. The summed E-state index contributed by atoms with van der Waals surface area (Å²) in [6.07, 6.45) is 4.53. The summed E-state index contributed by atoms with van der Waals surface area (Å²) in [5.74, 6) is -0.0812. The summed E-state index contributed by atoms with van der Waals surface area (Å²) in [6, 6.07) is 18.5. The van der Waals surface area contributed by atoms with Crippen molar-refractivity contribution >= 4 is 25.6 Å². The molecule has 8 nitrogen and oxygen atoms in total. The van der Waals surface area contributed by atoms with E-state index < -0.39 is 31.2 Å². The van der Waals surface area contributed by atoms with E-state index in [2.05, 4.69) is 5.32 Å². The first kappa shape index (κ1) is 30.7. The van der Waals surface area contributed by atoms with Crippen molar-refractivity contribution in [1.29, 1.82) is 0 Å². The Morgan fingerprint density at radius 3 is 2.29 bits per heavy atom. The number of fused-ring (bicyclic) bond motifs is 1. The minimum absolute atomic E-state index is 0.177. The van der Waals surface area contributed by atoms with Gasteiger partial charge in [0.25, 0.3) is 0 Å². The largest absolute Gasteiger partial charge is 0.482 e. The number of sulfone groups is 2. The van der Waals surface area contributed by atoms with E-state index in [-0.39, 0.29) is 28.3 Å². The monoisotopic (exact) mass is 599 g/mol. The lowest BCUT2D eigenvalue weighted by Gasteiger charge is -2.22. The highest BCUT2D eigenvalue weighted by Gasteiger charge is 2.25. The standard InChI is InChI=1S/C31H37NO7S2/c1-31(2,3)39-30(33)20-38-29-14-8-12-26-27(29)11-5-6-13-28(26)32-21-41(36,37)24-17-15-22(16-18-24)23-9-7-10-25(19-23)40(4,34)35/h7-10,12,14-19,28,32H,5-6,11,13,20-21H2,1-4H3. The van der Waals surface area contributed by atoms with Gasteiger partial charge in [-0.15, -0.1) is 0 Å². The first-order valence-corrected chi connectivity index (χ1v) is 17.1. The van der Waals surface area contributed by atoms with Crippen molar-refractivity contribution < 1.29 is 31.1 Å². The Labute approximate surface area is 242 Å². The Balaban J connectivity index is 1.47. The van der Waals surface area contributed by atoms with Crippen LogP contribution in [0.2, 0.25) is 0 Å². The molecule has 1 aliphatic carbocycles. The van der Waals surface area contributed by atoms with Gasteiger partial charge in [-0.3, -0.25) is 5.32 Å². The molecule has 1 N–H and O–H groups in total. The number of carbonyl (C=O) groups is 1. The van der Waals surface area contributed by atoms with Crippen molar-refractivity contribution in [3.05, 3.63) is 77.9 Å². The van der Waals surface area contributed by atoms with Crippen LogP contribution in [-0.2, 0) is 35.6 Å². The van der Waals surface area contributed by atoms with Crippen LogP contribution in [0.4, 0.5) is 0 Å². The quantitative estimate of drug-likeness (QED) is 0.261. The highest BCUT2D eigenvalue weighted by atomic mass is 32.2. The van der Waals surface area contributed by atoms with Gasteiger partial charge in [-0.1, -0.05) is 42.8 Å². The van der Waals surface area contributed by atoms with Crippen molar-refractivity contribution in [2.75, 3.05) is 18.7 Å².